The first-order chi connectivity index (χ1) is 12.5. The molecule has 0 fully saturated rings. The molecule has 0 aliphatic carbocycles. The molecule has 3 aromatic rings. The van der Waals surface area contributed by atoms with Crippen molar-refractivity contribution in [3.05, 3.63) is 76.8 Å². The molecule has 1 aromatic carbocycles. The van der Waals surface area contributed by atoms with Gasteiger partial charge in [-0.1, -0.05) is 42.0 Å². The van der Waals surface area contributed by atoms with Gasteiger partial charge in [0.2, 0.25) is 0 Å². The lowest BCUT2D eigenvalue weighted by molar-refractivity contribution is 0.0795. The average molecular weight is 386 g/mol. The van der Waals surface area contributed by atoms with Gasteiger partial charge in [-0.2, -0.15) is 5.10 Å². The predicted molar refractivity (Wildman–Crippen MR) is 109 cm³/mol. The quantitative estimate of drug-likeness (QED) is 0.541. The van der Waals surface area contributed by atoms with Crippen LogP contribution in [-0.4, -0.2) is 33.7 Å². The third-order valence-corrected chi connectivity index (χ3v) is 5.59. The van der Waals surface area contributed by atoms with Crippen LogP contribution in [0.15, 0.2) is 55.6 Å². The van der Waals surface area contributed by atoms with E-state index in [4.69, 9.17) is 11.6 Å². The maximum Gasteiger partial charge on any atom is 0.264 e. The summed E-state index contributed by atoms with van der Waals surface area (Å²) in [7, 11) is 0. The van der Waals surface area contributed by atoms with Crippen LogP contribution in [0.4, 0.5) is 0 Å². The van der Waals surface area contributed by atoms with Gasteiger partial charge in [0, 0.05) is 23.5 Å². The van der Waals surface area contributed by atoms with E-state index in [0.29, 0.717) is 29.5 Å². The number of thiophene rings is 1. The Labute approximate surface area is 162 Å². The molecule has 1 amide bonds. The fourth-order valence-corrected chi connectivity index (χ4v) is 4.15. The normalized spacial score (nSPS) is 10.8. The van der Waals surface area contributed by atoms with Crippen LogP contribution in [0.25, 0.3) is 10.2 Å². The summed E-state index contributed by atoms with van der Waals surface area (Å²) in [6.07, 6.45) is 3.44. The molecule has 0 N–H and O–H groups in total. The van der Waals surface area contributed by atoms with Crippen molar-refractivity contribution in [1.82, 2.24) is 14.7 Å². The first-order valence-corrected chi connectivity index (χ1v) is 9.46. The molecule has 0 unspecified atom stereocenters. The van der Waals surface area contributed by atoms with Gasteiger partial charge in [0.05, 0.1) is 17.1 Å². The predicted octanol–water partition coefficient (Wildman–Crippen LogP) is 4.92. The number of halogens is 1. The maximum atomic E-state index is 12.8. The Morgan fingerprint density at radius 1 is 1.31 bits per heavy atom. The molecule has 0 aliphatic heterocycles. The highest BCUT2D eigenvalue weighted by Gasteiger charge is 2.20. The van der Waals surface area contributed by atoms with Crippen molar-refractivity contribution in [1.29, 1.82) is 0 Å². The molecule has 26 heavy (non-hydrogen) atoms. The molecule has 134 valence electrons. The number of fused-ring (bicyclic) bond motifs is 1. The highest BCUT2D eigenvalue weighted by atomic mass is 35.5. The lowest BCUT2D eigenvalue weighted by Gasteiger charge is -2.18. The number of rotatable bonds is 7. The standard InChI is InChI=1S/C20H20ClN3OS/c1-4-10-23(11-5-2)19(25)18-12-16-14(3)22-24(20(16)26-18)13-15-8-6-7-9-17(15)21/h4-9,12H,1-2,10-11,13H2,3H3. The first-order valence-electron chi connectivity index (χ1n) is 8.26. The van der Waals surface area contributed by atoms with Crippen LogP contribution in [0.5, 0.6) is 0 Å². The summed E-state index contributed by atoms with van der Waals surface area (Å²) in [6, 6.07) is 9.65. The van der Waals surface area contributed by atoms with E-state index < -0.39 is 0 Å². The number of hydrogen-bond donors (Lipinski definition) is 0. The Balaban J connectivity index is 1.96. The third kappa shape index (κ3) is 3.59. The maximum absolute atomic E-state index is 12.8. The summed E-state index contributed by atoms with van der Waals surface area (Å²) in [6.45, 7) is 11.0. The molecule has 0 radical (unpaired) electrons. The van der Waals surface area contributed by atoms with E-state index >= 15 is 0 Å². The average Bonchev–Trinajstić information content (AvgIpc) is 3.18. The number of aromatic nitrogens is 2. The monoisotopic (exact) mass is 385 g/mol. The van der Waals surface area contributed by atoms with Gasteiger partial charge in [-0.25, -0.2) is 0 Å². The summed E-state index contributed by atoms with van der Waals surface area (Å²) in [5.74, 6) is -0.0188. The van der Waals surface area contributed by atoms with Crippen molar-refractivity contribution in [2.45, 2.75) is 13.5 Å². The van der Waals surface area contributed by atoms with E-state index in [1.807, 2.05) is 41.9 Å². The smallest absolute Gasteiger partial charge is 0.264 e. The lowest BCUT2D eigenvalue weighted by atomic mass is 10.2. The molecule has 0 saturated heterocycles. The number of nitrogens with zero attached hydrogens (tertiary/aromatic N) is 3. The van der Waals surface area contributed by atoms with Gasteiger partial charge >= 0.3 is 0 Å². The Bertz CT molecular complexity index is 963. The van der Waals surface area contributed by atoms with E-state index in [0.717, 1.165) is 21.5 Å². The molecule has 0 saturated carbocycles. The van der Waals surface area contributed by atoms with Crippen molar-refractivity contribution < 1.29 is 4.79 Å². The van der Waals surface area contributed by atoms with Crippen LogP contribution in [0.1, 0.15) is 20.9 Å². The van der Waals surface area contributed by atoms with Crippen molar-refractivity contribution in [3.8, 4) is 0 Å². The Morgan fingerprint density at radius 2 is 2.00 bits per heavy atom. The number of carbonyl (C=O) groups excluding carboxylic acids is 1. The molecule has 0 atom stereocenters. The molecule has 2 aromatic heterocycles. The molecule has 4 nitrogen and oxygen atoms in total. The third-order valence-electron chi connectivity index (χ3n) is 4.08. The van der Waals surface area contributed by atoms with Gasteiger partial charge in [0.25, 0.3) is 5.91 Å². The molecule has 2 heterocycles. The van der Waals surface area contributed by atoms with Crippen molar-refractivity contribution in [2.75, 3.05) is 13.1 Å². The topological polar surface area (TPSA) is 38.1 Å². The zero-order valence-corrected chi connectivity index (χ0v) is 16.2. The highest BCUT2D eigenvalue weighted by molar-refractivity contribution is 7.20. The Kier molecular flexibility index (Phi) is 5.59. The number of aryl methyl sites for hydroxylation is 1. The molecular formula is C20H20ClN3OS. The SMILES string of the molecule is C=CCN(CC=C)C(=O)c1cc2c(C)nn(Cc3ccccc3Cl)c2s1. The van der Waals surface area contributed by atoms with E-state index in [9.17, 15) is 4.79 Å². The fraction of sp³-hybridized carbons (Fsp3) is 0.200. The summed E-state index contributed by atoms with van der Waals surface area (Å²) in [4.78, 5) is 16.2. The molecular weight excluding hydrogens is 366 g/mol. The van der Waals surface area contributed by atoms with Gasteiger partial charge in [0.15, 0.2) is 0 Å². The van der Waals surface area contributed by atoms with Gasteiger partial charge in [-0.15, -0.1) is 24.5 Å². The zero-order chi connectivity index (χ0) is 18.7. The minimum Gasteiger partial charge on any atom is -0.331 e. The van der Waals surface area contributed by atoms with Gasteiger partial charge in [0.1, 0.15) is 4.83 Å². The summed E-state index contributed by atoms with van der Waals surface area (Å²) < 4.78 is 1.92. The van der Waals surface area contributed by atoms with Crippen molar-refractivity contribution in [2.24, 2.45) is 0 Å². The van der Waals surface area contributed by atoms with Gasteiger partial charge in [-0.3, -0.25) is 9.48 Å². The fourth-order valence-electron chi connectivity index (χ4n) is 2.82. The number of carbonyl (C=O) groups is 1. The molecule has 3 rings (SSSR count). The van der Waals surface area contributed by atoms with Crippen LogP contribution >= 0.6 is 22.9 Å². The second-order valence-corrected chi connectivity index (χ2v) is 7.39. The highest BCUT2D eigenvalue weighted by Crippen LogP contribution is 2.30. The minimum absolute atomic E-state index is 0.0188. The Morgan fingerprint density at radius 3 is 2.65 bits per heavy atom. The van der Waals surface area contributed by atoms with Gasteiger partial charge in [-0.05, 0) is 24.6 Å². The summed E-state index contributed by atoms with van der Waals surface area (Å²) >= 11 is 7.74. The molecule has 0 spiro atoms. The number of benzene rings is 1. The van der Waals surface area contributed by atoms with Crippen LogP contribution in [0, 0.1) is 6.92 Å². The minimum atomic E-state index is -0.0188. The van der Waals surface area contributed by atoms with Gasteiger partial charge < -0.3 is 4.90 Å². The van der Waals surface area contributed by atoms with Crippen LogP contribution in [0.3, 0.4) is 0 Å². The Hall–Kier alpha value is -2.37. The number of amides is 1. The lowest BCUT2D eigenvalue weighted by Crippen LogP contribution is -2.30. The second kappa shape index (κ2) is 7.89. The van der Waals surface area contributed by atoms with Crippen LogP contribution in [-0.2, 0) is 6.54 Å². The van der Waals surface area contributed by atoms with Crippen LogP contribution < -0.4 is 0 Å². The summed E-state index contributed by atoms with van der Waals surface area (Å²) in [5.41, 5.74) is 1.90. The van der Waals surface area contributed by atoms with E-state index in [1.165, 1.54) is 11.3 Å². The summed E-state index contributed by atoms with van der Waals surface area (Å²) in [5, 5.41) is 6.33. The number of hydrogen-bond acceptors (Lipinski definition) is 3. The van der Waals surface area contributed by atoms with E-state index in [1.54, 1.807) is 17.1 Å². The van der Waals surface area contributed by atoms with E-state index in [-0.39, 0.29) is 5.91 Å². The van der Waals surface area contributed by atoms with Crippen LogP contribution in [0.2, 0.25) is 5.02 Å². The van der Waals surface area contributed by atoms with Crippen molar-refractivity contribution in [3.63, 3.8) is 0 Å². The first kappa shape index (κ1) is 18.4. The zero-order valence-electron chi connectivity index (χ0n) is 14.6. The van der Waals surface area contributed by atoms with Crippen molar-refractivity contribution >= 4 is 39.1 Å². The molecule has 0 bridgehead atoms. The largest absolute Gasteiger partial charge is 0.331 e. The second-order valence-electron chi connectivity index (χ2n) is 5.95. The van der Waals surface area contributed by atoms with E-state index in [2.05, 4.69) is 18.3 Å². The molecule has 6 heteroatoms. The molecule has 0 aliphatic rings.